The molecule has 2 N–H and O–H groups in total. The van der Waals surface area contributed by atoms with E-state index in [0.717, 1.165) is 44.7 Å². The molecular formula is C15H22N4O3. The predicted molar refractivity (Wildman–Crippen MR) is 82.1 cm³/mol. The molecule has 7 heteroatoms. The molecule has 2 fully saturated rings. The first-order chi connectivity index (χ1) is 10.7. The van der Waals surface area contributed by atoms with Crippen molar-refractivity contribution in [2.24, 2.45) is 5.92 Å². The number of carboxylic acids is 1. The lowest BCUT2D eigenvalue weighted by Gasteiger charge is -2.31. The van der Waals surface area contributed by atoms with Crippen LogP contribution in [0.2, 0.25) is 0 Å². The van der Waals surface area contributed by atoms with Crippen molar-refractivity contribution < 1.29 is 14.6 Å². The average Bonchev–Trinajstić information content (AvgIpc) is 2.56. The van der Waals surface area contributed by atoms with E-state index in [2.05, 4.69) is 15.3 Å². The molecular weight excluding hydrogens is 284 g/mol. The maximum absolute atomic E-state index is 11.2. The summed E-state index contributed by atoms with van der Waals surface area (Å²) in [5.41, 5.74) is 0. The minimum absolute atomic E-state index is 0.282. The molecule has 0 aliphatic carbocycles. The maximum atomic E-state index is 11.2. The third-order valence-corrected chi connectivity index (χ3v) is 4.21. The van der Waals surface area contributed by atoms with Crippen LogP contribution in [0.15, 0.2) is 12.3 Å². The zero-order valence-corrected chi connectivity index (χ0v) is 12.6. The number of anilines is 2. The highest BCUT2D eigenvalue weighted by Gasteiger charge is 2.27. The number of rotatable bonds is 4. The molecule has 2 aliphatic heterocycles. The molecule has 0 radical (unpaired) electrons. The molecule has 7 nitrogen and oxygen atoms in total. The predicted octanol–water partition coefficient (Wildman–Crippen LogP) is 1.37. The smallest absolute Gasteiger partial charge is 0.308 e. The minimum Gasteiger partial charge on any atom is -0.481 e. The zero-order valence-electron chi connectivity index (χ0n) is 12.6. The first-order valence-corrected chi connectivity index (χ1v) is 7.87. The van der Waals surface area contributed by atoms with Crippen molar-refractivity contribution >= 4 is 17.7 Å². The van der Waals surface area contributed by atoms with Crippen LogP contribution in [-0.4, -0.2) is 53.4 Å². The maximum Gasteiger partial charge on any atom is 0.308 e. The normalized spacial score (nSPS) is 25.7. The fourth-order valence-electron chi connectivity index (χ4n) is 3.01. The number of aliphatic carboxylic acids is 1. The van der Waals surface area contributed by atoms with Crippen molar-refractivity contribution in [2.75, 3.05) is 36.5 Å². The molecule has 0 aromatic carbocycles. The van der Waals surface area contributed by atoms with Gasteiger partial charge in [0.1, 0.15) is 5.82 Å². The molecule has 2 saturated heterocycles. The minimum atomic E-state index is -0.738. The summed E-state index contributed by atoms with van der Waals surface area (Å²) < 4.78 is 5.46. The molecule has 1 aromatic heterocycles. The van der Waals surface area contributed by atoms with E-state index in [1.54, 1.807) is 6.20 Å². The molecule has 1 aromatic rings. The fraction of sp³-hybridized carbons (Fsp3) is 0.667. The molecule has 0 bridgehead atoms. The Hall–Kier alpha value is -1.89. The summed E-state index contributed by atoms with van der Waals surface area (Å²) in [5, 5.41) is 12.6. The van der Waals surface area contributed by atoms with E-state index < -0.39 is 5.97 Å². The summed E-state index contributed by atoms with van der Waals surface area (Å²) in [6.45, 7) is 2.81. The Morgan fingerprint density at radius 3 is 3.09 bits per heavy atom. The monoisotopic (exact) mass is 306 g/mol. The van der Waals surface area contributed by atoms with E-state index in [9.17, 15) is 9.90 Å². The number of hydrogen-bond donors (Lipinski definition) is 2. The van der Waals surface area contributed by atoms with Gasteiger partial charge in [0.25, 0.3) is 0 Å². The number of hydrogen-bond acceptors (Lipinski definition) is 6. The second kappa shape index (κ2) is 6.91. The fourth-order valence-corrected chi connectivity index (χ4v) is 3.01. The van der Waals surface area contributed by atoms with Crippen molar-refractivity contribution in [3.63, 3.8) is 0 Å². The van der Waals surface area contributed by atoms with Crippen molar-refractivity contribution in [1.29, 1.82) is 0 Å². The average molecular weight is 306 g/mol. The first kappa shape index (κ1) is 15.0. The van der Waals surface area contributed by atoms with E-state index in [1.165, 1.54) is 0 Å². The van der Waals surface area contributed by atoms with E-state index >= 15 is 0 Å². The van der Waals surface area contributed by atoms with Crippen LogP contribution in [0, 0.1) is 5.92 Å². The summed E-state index contributed by atoms with van der Waals surface area (Å²) in [7, 11) is 0. The summed E-state index contributed by atoms with van der Waals surface area (Å²) >= 11 is 0. The standard InChI is InChI=1S/C15H22N4O3/c20-14(21)11-3-1-7-19(9-11)15-16-6-5-13(18-15)17-12-4-2-8-22-10-12/h5-6,11-12H,1-4,7-10H2,(H,20,21)(H,16,17,18). The highest BCUT2D eigenvalue weighted by atomic mass is 16.5. The van der Waals surface area contributed by atoms with Gasteiger partial charge in [-0.25, -0.2) is 4.98 Å². The number of piperidine rings is 1. The number of aromatic nitrogens is 2. The Bertz CT molecular complexity index is 519. The Morgan fingerprint density at radius 2 is 2.32 bits per heavy atom. The van der Waals surface area contributed by atoms with Gasteiger partial charge < -0.3 is 20.1 Å². The van der Waals surface area contributed by atoms with Crippen LogP contribution in [0.3, 0.4) is 0 Å². The molecule has 120 valence electrons. The summed E-state index contributed by atoms with van der Waals surface area (Å²) in [6.07, 6.45) is 5.43. The van der Waals surface area contributed by atoms with Gasteiger partial charge in [-0.3, -0.25) is 4.79 Å². The third-order valence-electron chi connectivity index (χ3n) is 4.21. The summed E-state index contributed by atoms with van der Waals surface area (Å²) in [4.78, 5) is 22.0. The van der Waals surface area contributed by atoms with E-state index in [0.29, 0.717) is 19.1 Å². The first-order valence-electron chi connectivity index (χ1n) is 7.87. The molecule has 22 heavy (non-hydrogen) atoms. The molecule has 3 rings (SSSR count). The molecule has 0 amide bonds. The number of nitrogens with one attached hydrogen (secondary N) is 1. The van der Waals surface area contributed by atoms with Gasteiger partial charge in [0.15, 0.2) is 0 Å². The number of ether oxygens (including phenoxy) is 1. The van der Waals surface area contributed by atoms with Crippen molar-refractivity contribution in [3.05, 3.63) is 12.3 Å². The number of carbonyl (C=O) groups is 1. The second-order valence-corrected chi connectivity index (χ2v) is 5.92. The van der Waals surface area contributed by atoms with Gasteiger partial charge in [0.2, 0.25) is 5.95 Å². The molecule has 3 heterocycles. The molecule has 2 unspecified atom stereocenters. The van der Waals surface area contributed by atoms with Crippen LogP contribution in [0.5, 0.6) is 0 Å². The highest BCUT2D eigenvalue weighted by molar-refractivity contribution is 5.71. The number of carboxylic acid groups (broad SMARTS) is 1. The quantitative estimate of drug-likeness (QED) is 0.868. The van der Waals surface area contributed by atoms with Gasteiger partial charge in [0, 0.05) is 25.9 Å². The van der Waals surface area contributed by atoms with Crippen molar-refractivity contribution in [1.82, 2.24) is 9.97 Å². The summed E-state index contributed by atoms with van der Waals surface area (Å²) in [5.74, 6) is 0.310. The number of nitrogens with zero attached hydrogens (tertiary/aromatic N) is 3. The van der Waals surface area contributed by atoms with Gasteiger partial charge in [-0.1, -0.05) is 0 Å². The van der Waals surface area contributed by atoms with Crippen LogP contribution in [0.25, 0.3) is 0 Å². The van der Waals surface area contributed by atoms with Crippen LogP contribution in [-0.2, 0) is 9.53 Å². The van der Waals surface area contributed by atoms with Crippen LogP contribution < -0.4 is 10.2 Å². The van der Waals surface area contributed by atoms with Gasteiger partial charge in [0.05, 0.1) is 18.6 Å². The Balaban J connectivity index is 1.66. The Kier molecular flexibility index (Phi) is 4.72. The lowest BCUT2D eigenvalue weighted by atomic mass is 9.99. The van der Waals surface area contributed by atoms with Gasteiger partial charge in [-0.05, 0) is 31.7 Å². The van der Waals surface area contributed by atoms with Crippen LogP contribution >= 0.6 is 0 Å². The van der Waals surface area contributed by atoms with Crippen LogP contribution in [0.1, 0.15) is 25.7 Å². The Labute approximate surface area is 129 Å². The summed E-state index contributed by atoms with van der Waals surface area (Å²) in [6, 6.07) is 2.13. The van der Waals surface area contributed by atoms with Gasteiger partial charge in [-0.15, -0.1) is 0 Å². The zero-order chi connectivity index (χ0) is 15.4. The van der Waals surface area contributed by atoms with E-state index in [4.69, 9.17) is 4.74 Å². The lowest BCUT2D eigenvalue weighted by Crippen LogP contribution is -2.39. The lowest BCUT2D eigenvalue weighted by molar-refractivity contribution is -0.141. The van der Waals surface area contributed by atoms with E-state index in [1.807, 2.05) is 11.0 Å². The Morgan fingerprint density at radius 1 is 1.41 bits per heavy atom. The highest BCUT2D eigenvalue weighted by Crippen LogP contribution is 2.22. The van der Waals surface area contributed by atoms with Crippen molar-refractivity contribution in [2.45, 2.75) is 31.7 Å². The van der Waals surface area contributed by atoms with Gasteiger partial charge >= 0.3 is 5.97 Å². The van der Waals surface area contributed by atoms with Gasteiger partial charge in [-0.2, -0.15) is 4.98 Å². The second-order valence-electron chi connectivity index (χ2n) is 5.92. The molecule has 2 atom stereocenters. The largest absolute Gasteiger partial charge is 0.481 e. The van der Waals surface area contributed by atoms with E-state index in [-0.39, 0.29) is 12.0 Å². The molecule has 0 saturated carbocycles. The molecule has 0 spiro atoms. The topological polar surface area (TPSA) is 87.6 Å². The van der Waals surface area contributed by atoms with Crippen molar-refractivity contribution in [3.8, 4) is 0 Å². The van der Waals surface area contributed by atoms with Crippen LogP contribution in [0.4, 0.5) is 11.8 Å². The molecule has 2 aliphatic rings. The SMILES string of the molecule is O=C(O)C1CCCN(c2nccc(NC3CCCOC3)n2)C1. The third kappa shape index (κ3) is 3.65.